The summed E-state index contributed by atoms with van der Waals surface area (Å²) in [6.45, 7) is 2.40. The summed E-state index contributed by atoms with van der Waals surface area (Å²) in [5.74, 6) is -2.04. The number of benzene rings is 3. The second-order valence-electron chi connectivity index (χ2n) is 12.3. The molecule has 2 aliphatic heterocycles. The van der Waals surface area contributed by atoms with Crippen molar-refractivity contribution in [3.05, 3.63) is 110 Å². The van der Waals surface area contributed by atoms with Gasteiger partial charge in [0.25, 0.3) is 0 Å². The highest BCUT2D eigenvalue weighted by Gasteiger charge is 2.70. The number of thioether (sulfide) groups is 1. The average Bonchev–Trinajstić information content (AvgIpc) is 3.75. The predicted octanol–water partition coefficient (Wildman–Crippen LogP) is 7.02. The number of nitrogens with one attached hydrogen (secondary N) is 1. The van der Waals surface area contributed by atoms with E-state index in [1.807, 2.05) is 55.5 Å². The van der Waals surface area contributed by atoms with E-state index in [2.05, 4.69) is 4.98 Å². The molecule has 2 bridgehead atoms. The van der Waals surface area contributed by atoms with Crippen molar-refractivity contribution >= 4 is 40.6 Å². The summed E-state index contributed by atoms with van der Waals surface area (Å²) in [5.41, 5.74) is 2.15. The zero-order valence-electron chi connectivity index (χ0n) is 23.9. The number of hydrogen-bond acceptors (Lipinski definition) is 6. The number of imide groups is 1. The first-order valence-corrected chi connectivity index (χ1v) is 16.5. The van der Waals surface area contributed by atoms with Gasteiger partial charge >= 0.3 is 11.0 Å². The summed E-state index contributed by atoms with van der Waals surface area (Å²) >= 11 is 2.73. The zero-order chi connectivity index (χ0) is 31.2. The molecule has 4 aliphatic rings. The first-order valence-electron chi connectivity index (χ1n) is 14.8. The molecule has 45 heavy (non-hydrogen) atoms. The number of H-pyrrole nitrogens is 1. The Morgan fingerprint density at radius 2 is 1.67 bits per heavy atom. The van der Waals surface area contributed by atoms with Crippen molar-refractivity contribution in [2.24, 2.45) is 29.6 Å². The molecule has 8 rings (SSSR count). The lowest BCUT2D eigenvalue weighted by molar-refractivity contribution is -0.137. The van der Waals surface area contributed by atoms with Crippen LogP contribution in [-0.4, -0.2) is 22.0 Å². The van der Waals surface area contributed by atoms with E-state index in [0.717, 1.165) is 43.6 Å². The highest BCUT2D eigenvalue weighted by Crippen LogP contribution is 2.69. The Morgan fingerprint density at radius 3 is 2.44 bits per heavy atom. The number of halogens is 3. The molecule has 11 heteroatoms. The molecule has 1 saturated heterocycles. The first kappa shape index (κ1) is 28.6. The Balaban J connectivity index is 1.18. The fraction of sp³-hybridized carbons (Fsp3) is 0.324. The smallest absolute Gasteiger partial charge is 0.416 e. The van der Waals surface area contributed by atoms with Crippen LogP contribution in [0.15, 0.2) is 82.6 Å². The monoisotopic (exact) mass is 648 g/mol. The van der Waals surface area contributed by atoms with E-state index in [1.165, 1.54) is 23.5 Å². The first-order chi connectivity index (χ1) is 21.6. The van der Waals surface area contributed by atoms with Gasteiger partial charge in [0.05, 0.1) is 28.1 Å². The van der Waals surface area contributed by atoms with E-state index in [-0.39, 0.29) is 39.5 Å². The van der Waals surface area contributed by atoms with E-state index in [0.29, 0.717) is 18.8 Å². The number of anilines is 1. The van der Waals surface area contributed by atoms with Gasteiger partial charge in [-0.3, -0.25) is 19.3 Å². The lowest BCUT2D eigenvalue weighted by Crippen LogP contribution is -2.42. The minimum absolute atomic E-state index is 0.0424. The van der Waals surface area contributed by atoms with E-state index in [4.69, 9.17) is 4.74 Å². The zero-order valence-corrected chi connectivity index (χ0v) is 25.5. The maximum absolute atomic E-state index is 14.0. The normalized spacial score (nSPS) is 28.3. The summed E-state index contributed by atoms with van der Waals surface area (Å²) < 4.78 is 47.0. The quantitative estimate of drug-likeness (QED) is 0.236. The molecule has 3 heterocycles. The molecule has 1 N–H and O–H groups in total. The second kappa shape index (κ2) is 10.3. The maximum Gasteiger partial charge on any atom is 0.416 e. The van der Waals surface area contributed by atoms with Gasteiger partial charge in [0.15, 0.2) is 0 Å². The van der Waals surface area contributed by atoms with Crippen LogP contribution in [0.25, 0.3) is 0 Å². The predicted molar refractivity (Wildman–Crippen MR) is 164 cm³/mol. The minimum Gasteiger partial charge on any atom is -0.489 e. The number of ether oxygens (including phenoxy) is 1. The molecule has 4 aromatic rings. The molecule has 3 fully saturated rings. The van der Waals surface area contributed by atoms with E-state index < -0.39 is 35.4 Å². The standard InChI is InChI=1S/C34H27F3N2O4S2/c1-16-7-2-3-8-17(16)15-43-23-12-5-4-11-20(23)24-25-21-14-22(28(25)44-30-29(24)45-33(42)38-30)27-26(21)31(40)39(32(27)41)19-10-6-9-18(13-19)34(35,36)37/h2-13,21-22,24-28H,14-15H2,1H3,(H,38,42)/t21-,22-,24?,25?,26?,27?,28?/m1/s1. The molecule has 0 spiro atoms. The van der Waals surface area contributed by atoms with Crippen LogP contribution in [-0.2, 0) is 22.4 Å². The molecule has 2 saturated carbocycles. The van der Waals surface area contributed by atoms with Gasteiger partial charge in [-0.05, 0) is 66.5 Å². The SMILES string of the molecule is Cc1ccccc1COc1ccccc1C1c2sc(=O)[nH]c2SC2C1[C@H]1C[C@@H]2C2C(=O)N(c3cccc(C(F)(F)F)c3)C(=O)C21. The molecular weight excluding hydrogens is 622 g/mol. The molecule has 6 nitrogen and oxygen atoms in total. The largest absolute Gasteiger partial charge is 0.489 e. The third kappa shape index (κ3) is 4.41. The Morgan fingerprint density at radius 1 is 0.933 bits per heavy atom. The number of carbonyl (C=O) groups is 2. The number of fused-ring (bicyclic) bond motifs is 9. The minimum atomic E-state index is -4.60. The number of amides is 2. The van der Waals surface area contributed by atoms with Gasteiger partial charge in [0, 0.05) is 21.6 Å². The Hall–Kier alpha value is -3.83. The van der Waals surface area contributed by atoms with Crippen molar-refractivity contribution in [1.29, 1.82) is 0 Å². The molecule has 7 atom stereocenters. The van der Waals surface area contributed by atoms with Crippen LogP contribution in [0.2, 0.25) is 0 Å². The van der Waals surface area contributed by atoms with Gasteiger partial charge in [-0.15, -0.1) is 11.8 Å². The van der Waals surface area contributed by atoms with Crippen LogP contribution in [0.1, 0.15) is 39.5 Å². The molecule has 230 valence electrons. The highest BCUT2D eigenvalue weighted by molar-refractivity contribution is 8.00. The summed E-state index contributed by atoms with van der Waals surface area (Å²) in [6.07, 6.45) is -3.92. The number of carbonyl (C=O) groups excluding carboxylic acids is 2. The van der Waals surface area contributed by atoms with Gasteiger partial charge in [-0.1, -0.05) is 59.9 Å². The number of nitrogens with zero attached hydrogens (tertiary/aromatic N) is 1. The number of hydrogen-bond donors (Lipinski definition) is 1. The van der Waals surface area contributed by atoms with Gasteiger partial charge < -0.3 is 9.72 Å². The van der Waals surface area contributed by atoms with Crippen molar-refractivity contribution in [3.63, 3.8) is 0 Å². The van der Waals surface area contributed by atoms with Crippen molar-refractivity contribution in [3.8, 4) is 5.75 Å². The van der Waals surface area contributed by atoms with Crippen LogP contribution in [0.4, 0.5) is 18.9 Å². The number of aromatic nitrogens is 1. The van der Waals surface area contributed by atoms with E-state index in [9.17, 15) is 27.6 Å². The molecule has 1 aromatic heterocycles. The van der Waals surface area contributed by atoms with Gasteiger partial charge in [-0.2, -0.15) is 13.2 Å². The molecular formula is C34H27F3N2O4S2. The summed E-state index contributed by atoms with van der Waals surface area (Å²) in [7, 11) is 0. The molecule has 2 amide bonds. The number of thiazole rings is 1. The Bertz CT molecular complexity index is 1920. The fourth-order valence-electron chi connectivity index (χ4n) is 8.24. The molecule has 2 aliphatic carbocycles. The summed E-state index contributed by atoms with van der Waals surface area (Å²) in [4.78, 5) is 45.3. The number of aromatic amines is 1. The Kier molecular flexibility index (Phi) is 6.58. The lowest BCUT2D eigenvalue weighted by Gasteiger charge is -2.43. The van der Waals surface area contributed by atoms with Gasteiger partial charge in [0.2, 0.25) is 11.8 Å². The second-order valence-corrected chi connectivity index (χ2v) is 14.5. The number of rotatable bonds is 5. The van der Waals surface area contributed by atoms with Crippen molar-refractivity contribution in [1.82, 2.24) is 4.98 Å². The molecule has 3 aromatic carbocycles. The average molecular weight is 649 g/mol. The third-order valence-corrected chi connectivity index (χ3v) is 12.6. The third-order valence-electron chi connectivity index (χ3n) is 10.1. The topological polar surface area (TPSA) is 79.5 Å². The van der Waals surface area contributed by atoms with Crippen LogP contribution >= 0.6 is 23.1 Å². The molecule has 5 unspecified atom stereocenters. The maximum atomic E-state index is 14.0. The fourth-order valence-corrected chi connectivity index (χ4v) is 11.1. The highest BCUT2D eigenvalue weighted by atomic mass is 32.2. The summed E-state index contributed by atoms with van der Waals surface area (Å²) in [5, 5.41) is 0.724. The van der Waals surface area contributed by atoms with Crippen LogP contribution in [0, 0.1) is 36.5 Å². The van der Waals surface area contributed by atoms with Gasteiger partial charge in [-0.25, -0.2) is 0 Å². The molecule has 0 radical (unpaired) electrons. The van der Waals surface area contributed by atoms with Crippen molar-refractivity contribution < 1.29 is 27.5 Å². The lowest BCUT2D eigenvalue weighted by atomic mass is 9.68. The van der Waals surface area contributed by atoms with E-state index in [1.54, 1.807) is 11.8 Å². The van der Waals surface area contributed by atoms with Gasteiger partial charge in [0.1, 0.15) is 12.4 Å². The van der Waals surface area contributed by atoms with Crippen molar-refractivity contribution in [2.45, 2.75) is 42.3 Å². The Labute approximate surface area is 264 Å². The van der Waals surface area contributed by atoms with Crippen LogP contribution in [0.3, 0.4) is 0 Å². The summed E-state index contributed by atoms with van der Waals surface area (Å²) in [6, 6.07) is 20.2. The van der Waals surface area contributed by atoms with Crippen molar-refractivity contribution in [2.75, 3.05) is 4.90 Å². The van der Waals surface area contributed by atoms with Crippen LogP contribution < -0.4 is 14.5 Å². The number of aryl methyl sites for hydroxylation is 1. The van der Waals surface area contributed by atoms with Crippen LogP contribution in [0.5, 0.6) is 5.75 Å². The number of alkyl halides is 3. The number of para-hydroxylation sites is 1. The van der Waals surface area contributed by atoms with E-state index >= 15 is 0 Å².